The molecule has 5 nitrogen and oxygen atoms in total. The first-order chi connectivity index (χ1) is 13.1. The maximum atomic E-state index is 9.10. The Morgan fingerprint density at radius 3 is 2.74 bits per heavy atom. The van der Waals surface area contributed by atoms with Crippen LogP contribution >= 0.6 is 27.5 Å². The summed E-state index contributed by atoms with van der Waals surface area (Å²) in [7, 11) is 0. The molecule has 0 amide bonds. The first kappa shape index (κ1) is 18.2. The van der Waals surface area contributed by atoms with Crippen molar-refractivity contribution in [1.29, 1.82) is 0 Å². The van der Waals surface area contributed by atoms with Gasteiger partial charge in [-0.05, 0) is 47.9 Å². The molecule has 0 aliphatic carbocycles. The van der Waals surface area contributed by atoms with Crippen LogP contribution in [0.3, 0.4) is 0 Å². The summed E-state index contributed by atoms with van der Waals surface area (Å²) in [5, 5.41) is 17.8. The molecule has 0 bridgehead atoms. The van der Waals surface area contributed by atoms with Gasteiger partial charge in [-0.2, -0.15) is 10.1 Å². The molecule has 0 radical (unpaired) electrons. The normalized spacial score (nSPS) is 15.8. The highest BCUT2D eigenvalue weighted by atomic mass is 79.9. The molecule has 2 heterocycles. The Bertz CT molecular complexity index is 984. The number of fused-ring (bicyclic) bond motifs is 1. The summed E-state index contributed by atoms with van der Waals surface area (Å²) >= 11 is 9.70. The Morgan fingerprint density at radius 2 is 2.00 bits per heavy atom. The third kappa shape index (κ3) is 3.93. The van der Waals surface area contributed by atoms with E-state index < -0.39 is 0 Å². The fourth-order valence-corrected chi connectivity index (χ4v) is 3.57. The molecule has 2 aromatic carbocycles. The maximum absolute atomic E-state index is 9.10. The van der Waals surface area contributed by atoms with Crippen molar-refractivity contribution >= 4 is 39.2 Å². The zero-order chi connectivity index (χ0) is 18.8. The first-order valence-electron chi connectivity index (χ1n) is 8.70. The van der Waals surface area contributed by atoms with E-state index >= 15 is 0 Å². The molecule has 2 N–H and O–H groups in total. The van der Waals surface area contributed by atoms with Gasteiger partial charge >= 0.3 is 0 Å². The van der Waals surface area contributed by atoms with E-state index in [-0.39, 0.29) is 12.6 Å². The van der Waals surface area contributed by atoms with Crippen molar-refractivity contribution in [2.24, 2.45) is 0 Å². The predicted molar refractivity (Wildman–Crippen MR) is 111 cm³/mol. The summed E-state index contributed by atoms with van der Waals surface area (Å²) in [5.41, 5.74) is 3.08. The Kier molecular flexibility index (Phi) is 5.29. The number of halogens is 2. The van der Waals surface area contributed by atoms with Crippen molar-refractivity contribution in [2.45, 2.75) is 18.9 Å². The molecule has 1 aliphatic rings. The molecular formula is C20H18BrClN4O. The van der Waals surface area contributed by atoms with E-state index in [0.717, 1.165) is 21.3 Å². The van der Waals surface area contributed by atoms with Crippen LogP contribution in [0.15, 0.2) is 59.1 Å². The van der Waals surface area contributed by atoms with E-state index in [9.17, 15) is 0 Å². The maximum Gasteiger partial charge on any atom is 0.226 e. The molecule has 0 fully saturated rings. The Hall–Kier alpha value is -2.15. The van der Waals surface area contributed by atoms with Crippen LogP contribution in [0.5, 0.6) is 0 Å². The van der Waals surface area contributed by atoms with Crippen molar-refractivity contribution in [3.05, 3.63) is 81.1 Å². The summed E-state index contributed by atoms with van der Waals surface area (Å²) in [6.07, 6.45) is 3.40. The van der Waals surface area contributed by atoms with Crippen LogP contribution in [0, 0.1) is 0 Å². The Labute approximate surface area is 170 Å². The fraction of sp³-hybridized carbons (Fsp3) is 0.200. The lowest BCUT2D eigenvalue weighted by Gasteiger charge is -2.24. The first-order valence-corrected chi connectivity index (χ1v) is 9.87. The number of benzene rings is 2. The fourth-order valence-electron chi connectivity index (χ4n) is 3.11. The van der Waals surface area contributed by atoms with Gasteiger partial charge in [0, 0.05) is 28.2 Å². The molecule has 3 aromatic rings. The number of nitrogens with zero attached hydrogens (tertiary/aromatic N) is 3. The third-order valence-electron chi connectivity index (χ3n) is 4.41. The lowest BCUT2D eigenvalue weighted by molar-refractivity contribution is 0.287. The molecule has 0 saturated heterocycles. The summed E-state index contributed by atoms with van der Waals surface area (Å²) in [6.45, 7) is 0.122. The minimum absolute atomic E-state index is 0.117. The molecule has 27 heavy (non-hydrogen) atoms. The van der Waals surface area contributed by atoms with Crippen molar-refractivity contribution in [3.63, 3.8) is 0 Å². The van der Waals surface area contributed by atoms with Crippen LogP contribution in [0.25, 0.3) is 5.70 Å². The summed E-state index contributed by atoms with van der Waals surface area (Å²) in [5.74, 6) is 1.40. The number of allylic oxidation sites excluding steroid dienone is 1. The van der Waals surface area contributed by atoms with E-state index in [2.05, 4.69) is 49.5 Å². The number of hydrogen-bond donors (Lipinski definition) is 2. The standard InChI is InChI=1S/C20H18BrClN4O/c21-15-8-6-13(7-9-15)17-12-18(14-3-1-4-16(22)11-14)26-20(23-17)24-19(25-26)5-2-10-27/h1,3-4,6-9,11-12,18,27H,2,5,10H2,(H,23,24,25)/t18-/m0/s1. The number of anilines is 1. The second-order valence-corrected chi connectivity index (χ2v) is 7.69. The predicted octanol–water partition coefficient (Wildman–Crippen LogP) is 4.67. The summed E-state index contributed by atoms with van der Waals surface area (Å²) < 4.78 is 2.91. The van der Waals surface area contributed by atoms with Crippen molar-refractivity contribution in [3.8, 4) is 0 Å². The van der Waals surface area contributed by atoms with E-state index in [4.69, 9.17) is 16.7 Å². The number of aliphatic hydroxyl groups is 1. The SMILES string of the molecule is OCCCc1nc2n(n1)[C@H](c1cccc(Cl)c1)C=C(c1ccc(Br)cc1)N2. The second kappa shape index (κ2) is 7.84. The lowest BCUT2D eigenvalue weighted by atomic mass is 10.0. The van der Waals surface area contributed by atoms with Crippen LogP contribution in [0.4, 0.5) is 5.95 Å². The van der Waals surface area contributed by atoms with Gasteiger partial charge in [-0.25, -0.2) is 4.68 Å². The van der Waals surface area contributed by atoms with E-state index in [1.54, 1.807) is 0 Å². The zero-order valence-corrected chi connectivity index (χ0v) is 16.8. The van der Waals surface area contributed by atoms with Gasteiger partial charge in [0.1, 0.15) is 6.04 Å². The van der Waals surface area contributed by atoms with Gasteiger partial charge in [-0.3, -0.25) is 0 Å². The third-order valence-corrected chi connectivity index (χ3v) is 5.18. The van der Waals surface area contributed by atoms with Gasteiger partial charge < -0.3 is 10.4 Å². The van der Waals surface area contributed by atoms with E-state index in [1.807, 2.05) is 41.1 Å². The minimum atomic E-state index is -0.117. The van der Waals surface area contributed by atoms with Gasteiger partial charge in [-0.15, -0.1) is 0 Å². The highest BCUT2D eigenvalue weighted by Gasteiger charge is 2.25. The van der Waals surface area contributed by atoms with E-state index in [0.29, 0.717) is 29.6 Å². The summed E-state index contributed by atoms with van der Waals surface area (Å²) in [6, 6.07) is 15.8. The van der Waals surface area contributed by atoms with Crippen molar-refractivity contribution in [1.82, 2.24) is 14.8 Å². The minimum Gasteiger partial charge on any atom is -0.396 e. The number of aryl methyl sites for hydroxylation is 1. The average Bonchev–Trinajstić information content (AvgIpc) is 3.09. The van der Waals surface area contributed by atoms with Gasteiger partial charge in [0.05, 0.1) is 0 Å². The summed E-state index contributed by atoms with van der Waals surface area (Å²) in [4.78, 5) is 4.63. The molecule has 0 spiro atoms. The zero-order valence-electron chi connectivity index (χ0n) is 14.4. The van der Waals surface area contributed by atoms with Crippen molar-refractivity contribution < 1.29 is 5.11 Å². The lowest BCUT2D eigenvalue weighted by Crippen LogP contribution is -2.20. The molecular weight excluding hydrogens is 428 g/mol. The molecule has 1 aromatic heterocycles. The quantitative estimate of drug-likeness (QED) is 0.599. The highest BCUT2D eigenvalue weighted by Crippen LogP contribution is 2.33. The molecule has 4 rings (SSSR count). The number of hydrogen-bond acceptors (Lipinski definition) is 4. The number of rotatable bonds is 5. The largest absolute Gasteiger partial charge is 0.396 e. The van der Waals surface area contributed by atoms with Gasteiger partial charge in [0.25, 0.3) is 0 Å². The monoisotopic (exact) mass is 444 g/mol. The topological polar surface area (TPSA) is 63.0 Å². The average molecular weight is 446 g/mol. The van der Waals surface area contributed by atoms with Crippen LogP contribution in [0.2, 0.25) is 5.02 Å². The molecule has 1 aliphatic heterocycles. The van der Waals surface area contributed by atoms with E-state index in [1.165, 1.54) is 0 Å². The van der Waals surface area contributed by atoms with Crippen LogP contribution in [-0.4, -0.2) is 26.5 Å². The highest BCUT2D eigenvalue weighted by molar-refractivity contribution is 9.10. The smallest absolute Gasteiger partial charge is 0.226 e. The molecule has 0 saturated carbocycles. The van der Waals surface area contributed by atoms with Crippen LogP contribution < -0.4 is 5.32 Å². The number of nitrogens with one attached hydrogen (secondary N) is 1. The Balaban J connectivity index is 1.77. The number of aromatic nitrogens is 3. The molecule has 7 heteroatoms. The Morgan fingerprint density at radius 1 is 1.19 bits per heavy atom. The van der Waals surface area contributed by atoms with Gasteiger partial charge in [-0.1, -0.05) is 51.8 Å². The number of aliphatic hydroxyl groups excluding tert-OH is 1. The second-order valence-electron chi connectivity index (χ2n) is 6.34. The van der Waals surface area contributed by atoms with Crippen molar-refractivity contribution in [2.75, 3.05) is 11.9 Å². The van der Waals surface area contributed by atoms with Gasteiger partial charge in [0.15, 0.2) is 5.82 Å². The van der Waals surface area contributed by atoms with Gasteiger partial charge in [0.2, 0.25) is 5.95 Å². The van der Waals surface area contributed by atoms with Crippen LogP contribution in [-0.2, 0) is 6.42 Å². The molecule has 138 valence electrons. The molecule has 1 atom stereocenters. The van der Waals surface area contributed by atoms with Crippen LogP contribution in [0.1, 0.15) is 29.4 Å². The molecule has 0 unspecified atom stereocenters.